The Morgan fingerprint density at radius 3 is 2.12 bits per heavy atom. The lowest BCUT2D eigenvalue weighted by molar-refractivity contribution is -0.145. The van der Waals surface area contributed by atoms with Gasteiger partial charge >= 0.3 is 12.1 Å². The molecule has 0 aliphatic carbocycles. The fourth-order valence-electron chi connectivity index (χ4n) is 1.01. The van der Waals surface area contributed by atoms with E-state index in [1.54, 1.807) is 24.9 Å². The summed E-state index contributed by atoms with van der Waals surface area (Å²) in [5.74, 6) is -0.559. The van der Waals surface area contributed by atoms with Gasteiger partial charge in [0.1, 0.15) is 5.60 Å². The maximum atomic E-state index is 11.6. The molecule has 0 unspecified atom stereocenters. The van der Waals surface area contributed by atoms with E-state index in [1.807, 2.05) is 22.6 Å². The average Bonchev–Trinajstić information content (AvgIpc) is 2.13. The van der Waals surface area contributed by atoms with Crippen molar-refractivity contribution in [1.82, 2.24) is 5.32 Å². The summed E-state index contributed by atoms with van der Waals surface area (Å²) < 4.78 is 11.3. The lowest BCUT2D eigenvalue weighted by atomic mass is 10.0. The van der Waals surface area contributed by atoms with Gasteiger partial charge in [0, 0.05) is 0 Å². The maximum absolute atomic E-state index is 11.6. The Hall–Kier alpha value is -0.790. The van der Waals surface area contributed by atoms with Crippen molar-refractivity contribution in [1.29, 1.82) is 0 Å². The predicted octanol–water partition coefficient (Wildman–Crippen LogP) is 2.39. The molecule has 0 heterocycles. The second-order valence-electron chi connectivity index (χ2n) is 4.61. The first-order valence-electron chi connectivity index (χ1n) is 5.02. The summed E-state index contributed by atoms with van der Waals surface area (Å²) in [6.45, 7) is 6.78. The molecule has 1 N–H and O–H groups in total. The third kappa shape index (κ3) is 5.90. The molecule has 17 heavy (non-hydrogen) atoms. The van der Waals surface area contributed by atoms with E-state index < -0.39 is 23.2 Å². The van der Waals surface area contributed by atoms with Crippen LogP contribution >= 0.6 is 22.6 Å². The molecule has 0 rings (SSSR count). The summed E-state index contributed by atoms with van der Waals surface area (Å²) in [6, 6.07) is 0. The molecule has 0 radical (unpaired) electrons. The first-order valence-corrected chi connectivity index (χ1v) is 6.26. The Bertz CT molecular complexity index is 322. The molecular formula is C11H18INO4. The number of carbonyl (C=O) groups is 2. The molecule has 0 spiro atoms. The van der Waals surface area contributed by atoms with Gasteiger partial charge in [-0.25, -0.2) is 9.59 Å². The molecule has 0 aromatic heterocycles. The monoisotopic (exact) mass is 359 g/mol. The van der Waals surface area contributed by atoms with Crippen LogP contribution in [0.25, 0.3) is 0 Å². The van der Waals surface area contributed by atoms with Gasteiger partial charge in [0.15, 0.2) is 5.54 Å². The van der Waals surface area contributed by atoms with Crippen molar-refractivity contribution in [3.63, 3.8) is 0 Å². The Labute approximate surface area is 115 Å². The van der Waals surface area contributed by atoms with Crippen molar-refractivity contribution in [2.75, 3.05) is 7.11 Å². The SMILES string of the molecule is COC(=O)[C@@](C)(/C=C/[131I])NC(=O)OC(C)(C)C. The van der Waals surface area contributed by atoms with Crippen molar-refractivity contribution < 1.29 is 19.1 Å². The summed E-state index contributed by atoms with van der Waals surface area (Å²) in [5, 5.41) is 2.47. The van der Waals surface area contributed by atoms with Crippen molar-refractivity contribution >= 4 is 34.7 Å². The van der Waals surface area contributed by atoms with Crippen LogP contribution in [-0.4, -0.2) is 30.3 Å². The molecular weight excluding hydrogens is 341 g/mol. The van der Waals surface area contributed by atoms with Crippen LogP contribution in [0.15, 0.2) is 10.2 Å². The molecule has 0 saturated carbocycles. The molecule has 0 bridgehead atoms. The number of amides is 1. The minimum atomic E-state index is -1.22. The second kappa shape index (κ2) is 6.23. The van der Waals surface area contributed by atoms with Gasteiger partial charge in [-0.15, -0.1) is 0 Å². The van der Waals surface area contributed by atoms with Crippen molar-refractivity contribution in [2.24, 2.45) is 0 Å². The summed E-state index contributed by atoms with van der Waals surface area (Å²) in [5.41, 5.74) is -1.84. The zero-order valence-electron chi connectivity index (χ0n) is 10.7. The molecule has 0 aliphatic heterocycles. The molecule has 0 saturated heterocycles. The largest absolute Gasteiger partial charge is 0.467 e. The third-order valence-corrected chi connectivity index (χ3v) is 2.13. The molecule has 1 amide bonds. The first kappa shape index (κ1) is 16.2. The zero-order chi connectivity index (χ0) is 13.7. The molecule has 0 aliphatic rings. The van der Waals surface area contributed by atoms with Crippen LogP contribution in [0.1, 0.15) is 27.7 Å². The van der Waals surface area contributed by atoms with E-state index in [2.05, 4.69) is 10.1 Å². The van der Waals surface area contributed by atoms with Gasteiger partial charge in [0.25, 0.3) is 0 Å². The van der Waals surface area contributed by atoms with E-state index in [1.165, 1.54) is 20.1 Å². The second-order valence-corrected chi connectivity index (χ2v) is 5.33. The van der Waals surface area contributed by atoms with Crippen LogP contribution in [0.3, 0.4) is 0 Å². The standard InChI is InChI=1S/C11H18INO4/c1-10(2,3)17-9(15)13-11(4,6-7-12)8(14)16-5/h6-7H,1-5H3,(H,13,15)/b7-6+/t11-/m1/s1/i12+4. The minimum absolute atomic E-state index is 0.559. The minimum Gasteiger partial charge on any atom is -0.467 e. The molecule has 6 heteroatoms. The van der Waals surface area contributed by atoms with Gasteiger partial charge in [-0.05, 0) is 37.9 Å². The lowest BCUT2D eigenvalue weighted by Gasteiger charge is -2.27. The Kier molecular flexibility index (Phi) is 5.94. The molecule has 0 aromatic rings. The van der Waals surface area contributed by atoms with Gasteiger partial charge in [0.05, 0.1) is 7.11 Å². The lowest BCUT2D eigenvalue weighted by Crippen LogP contribution is -2.52. The number of nitrogens with one attached hydrogen (secondary N) is 1. The predicted molar refractivity (Wildman–Crippen MR) is 73.0 cm³/mol. The summed E-state index contributed by atoms with van der Waals surface area (Å²) in [4.78, 5) is 23.2. The number of alkyl carbamates (subject to hydrolysis) is 1. The van der Waals surface area contributed by atoms with Gasteiger partial charge in [-0.1, -0.05) is 22.6 Å². The highest BCUT2D eigenvalue weighted by Crippen LogP contribution is 2.13. The van der Waals surface area contributed by atoms with E-state index >= 15 is 0 Å². The molecule has 1 atom stereocenters. The van der Waals surface area contributed by atoms with E-state index in [0.717, 1.165) is 0 Å². The first-order chi connectivity index (χ1) is 7.64. The Balaban J connectivity index is 4.78. The quantitative estimate of drug-likeness (QED) is 0.621. The van der Waals surface area contributed by atoms with E-state index in [9.17, 15) is 9.59 Å². The van der Waals surface area contributed by atoms with Crippen LogP contribution in [-0.2, 0) is 14.3 Å². The van der Waals surface area contributed by atoms with Crippen LogP contribution in [0.2, 0.25) is 0 Å². The average molecular weight is 359 g/mol. The van der Waals surface area contributed by atoms with Crippen molar-refractivity contribution in [3.8, 4) is 0 Å². The number of halogens is 1. The topological polar surface area (TPSA) is 64.6 Å². The molecule has 98 valence electrons. The number of rotatable bonds is 3. The molecule has 5 nitrogen and oxygen atoms in total. The van der Waals surface area contributed by atoms with E-state index in [4.69, 9.17) is 4.74 Å². The number of esters is 1. The summed E-state index contributed by atoms with van der Waals surface area (Å²) in [6.07, 6.45) is 0.864. The van der Waals surface area contributed by atoms with Gasteiger partial charge < -0.3 is 14.8 Å². The Morgan fingerprint density at radius 2 is 1.76 bits per heavy atom. The molecule has 0 aromatic carbocycles. The molecule has 0 fully saturated rings. The number of hydrogen-bond acceptors (Lipinski definition) is 4. The fraction of sp³-hybridized carbons (Fsp3) is 0.636. The van der Waals surface area contributed by atoms with Crippen molar-refractivity contribution in [2.45, 2.75) is 38.8 Å². The number of methoxy groups -OCH3 is 1. The van der Waals surface area contributed by atoms with Gasteiger partial charge in [0.2, 0.25) is 0 Å². The van der Waals surface area contributed by atoms with Crippen LogP contribution in [0, 0.1) is 0 Å². The van der Waals surface area contributed by atoms with Crippen molar-refractivity contribution in [3.05, 3.63) is 10.2 Å². The highest BCUT2D eigenvalue weighted by Gasteiger charge is 2.34. The number of hydrogen-bond donors (Lipinski definition) is 1. The highest BCUT2D eigenvalue weighted by atomic mass is 131. The van der Waals surface area contributed by atoms with Gasteiger partial charge in [-0.2, -0.15) is 0 Å². The van der Waals surface area contributed by atoms with Crippen LogP contribution < -0.4 is 5.32 Å². The van der Waals surface area contributed by atoms with Crippen LogP contribution in [0.5, 0.6) is 0 Å². The summed E-state index contributed by atoms with van der Waals surface area (Å²) >= 11 is 1.96. The highest BCUT2D eigenvalue weighted by molar-refractivity contribution is 14.1. The zero-order valence-corrected chi connectivity index (χ0v) is 12.8. The van der Waals surface area contributed by atoms with Crippen LogP contribution in [0.4, 0.5) is 4.79 Å². The maximum Gasteiger partial charge on any atom is 0.408 e. The van der Waals surface area contributed by atoms with E-state index in [0.29, 0.717) is 0 Å². The number of carbonyl (C=O) groups excluding carboxylic acids is 2. The summed E-state index contributed by atoms with van der Waals surface area (Å²) in [7, 11) is 1.26. The fourth-order valence-corrected chi connectivity index (χ4v) is 1.73. The smallest absolute Gasteiger partial charge is 0.408 e. The Morgan fingerprint density at radius 1 is 1.24 bits per heavy atom. The van der Waals surface area contributed by atoms with Gasteiger partial charge in [-0.3, -0.25) is 0 Å². The normalized spacial score (nSPS) is 15.2. The third-order valence-electron chi connectivity index (χ3n) is 1.77. The number of ether oxygens (including phenoxy) is 2. The van der Waals surface area contributed by atoms with E-state index in [-0.39, 0.29) is 0 Å².